The zero-order chi connectivity index (χ0) is 14.2. The first-order valence-corrected chi connectivity index (χ1v) is 7.73. The lowest BCUT2D eigenvalue weighted by atomic mass is 10.1. The highest BCUT2D eigenvalue weighted by atomic mass is 16.2. The van der Waals surface area contributed by atoms with Gasteiger partial charge in [-0.25, -0.2) is 0 Å². The minimum absolute atomic E-state index is 0.185. The van der Waals surface area contributed by atoms with Gasteiger partial charge in [-0.3, -0.25) is 4.79 Å². The van der Waals surface area contributed by atoms with E-state index in [1.165, 1.54) is 11.1 Å². The van der Waals surface area contributed by atoms with E-state index in [0.717, 1.165) is 12.8 Å². The van der Waals surface area contributed by atoms with E-state index in [0.29, 0.717) is 17.9 Å². The summed E-state index contributed by atoms with van der Waals surface area (Å²) in [5.41, 5.74) is 2.64. The molecule has 21 heavy (non-hydrogen) atoms. The summed E-state index contributed by atoms with van der Waals surface area (Å²) in [4.78, 5) is 12.3. The Kier molecular flexibility index (Phi) is 3.03. The van der Waals surface area contributed by atoms with Crippen LogP contribution in [0, 0.1) is 5.92 Å². The number of carbonyl (C=O) groups excluding carboxylic acids is 1. The van der Waals surface area contributed by atoms with E-state index in [2.05, 4.69) is 53.8 Å². The largest absolute Gasteiger partial charge is 0.352 e. The Labute approximate surface area is 125 Å². The van der Waals surface area contributed by atoms with Crippen LogP contribution in [0.2, 0.25) is 0 Å². The average molecular weight is 277 g/mol. The van der Waals surface area contributed by atoms with Crippen molar-refractivity contribution in [1.29, 1.82) is 0 Å². The van der Waals surface area contributed by atoms with Gasteiger partial charge in [0.15, 0.2) is 0 Å². The molecule has 2 aromatic carbocycles. The van der Waals surface area contributed by atoms with Crippen molar-refractivity contribution in [3.05, 3.63) is 71.8 Å². The number of benzene rings is 2. The molecule has 2 aliphatic rings. The van der Waals surface area contributed by atoms with Crippen molar-refractivity contribution in [2.75, 3.05) is 0 Å². The first-order valence-electron chi connectivity index (χ1n) is 7.73. The molecule has 2 saturated carbocycles. The van der Waals surface area contributed by atoms with Crippen molar-refractivity contribution in [2.45, 2.75) is 30.7 Å². The summed E-state index contributed by atoms with van der Waals surface area (Å²) in [5, 5.41) is 3.23. The molecule has 4 unspecified atom stereocenters. The topological polar surface area (TPSA) is 29.1 Å². The van der Waals surface area contributed by atoms with Gasteiger partial charge in [-0.05, 0) is 29.9 Å². The average Bonchev–Trinajstić information content (AvgIpc) is 3.43. The summed E-state index contributed by atoms with van der Waals surface area (Å²) in [6.45, 7) is 0. The van der Waals surface area contributed by atoms with Crippen molar-refractivity contribution in [3.8, 4) is 0 Å². The van der Waals surface area contributed by atoms with Crippen molar-refractivity contribution in [1.82, 2.24) is 5.32 Å². The van der Waals surface area contributed by atoms with E-state index >= 15 is 0 Å². The third-order valence-electron chi connectivity index (χ3n) is 4.70. The highest BCUT2D eigenvalue weighted by molar-refractivity contribution is 5.83. The number of nitrogens with one attached hydrogen (secondary N) is 1. The number of hydrogen-bond acceptors (Lipinski definition) is 1. The SMILES string of the molecule is O=C(NC1CC1c1ccccc1)C1CC1c1ccccc1. The fourth-order valence-corrected chi connectivity index (χ4v) is 3.27. The molecule has 2 fully saturated rings. The molecule has 2 heteroatoms. The molecule has 2 aliphatic carbocycles. The van der Waals surface area contributed by atoms with E-state index in [-0.39, 0.29) is 11.8 Å². The van der Waals surface area contributed by atoms with Crippen molar-refractivity contribution in [2.24, 2.45) is 5.92 Å². The molecule has 2 nitrogen and oxygen atoms in total. The van der Waals surface area contributed by atoms with Gasteiger partial charge in [-0.1, -0.05) is 60.7 Å². The number of hydrogen-bond donors (Lipinski definition) is 1. The number of carbonyl (C=O) groups is 1. The van der Waals surface area contributed by atoms with Crippen LogP contribution in [0.1, 0.15) is 35.8 Å². The molecule has 1 N–H and O–H groups in total. The fourth-order valence-electron chi connectivity index (χ4n) is 3.27. The maximum atomic E-state index is 12.3. The third kappa shape index (κ3) is 2.58. The number of rotatable bonds is 4. The Morgan fingerprint density at radius 3 is 2.00 bits per heavy atom. The Morgan fingerprint density at radius 2 is 1.38 bits per heavy atom. The molecule has 0 saturated heterocycles. The molecular weight excluding hydrogens is 258 g/mol. The summed E-state index contributed by atoms with van der Waals surface area (Å²) in [5.74, 6) is 1.38. The molecule has 106 valence electrons. The lowest BCUT2D eigenvalue weighted by Gasteiger charge is -2.05. The smallest absolute Gasteiger partial charge is 0.223 e. The zero-order valence-corrected chi connectivity index (χ0v) is 11.9. The van der Waals surface area contributed by atoms with Gasteiger partial charge in [0.2, 0.25) is 5.91 Å². The Morgan fingerprint density at radius 1 is 0.810 bits per heavy atom. The third-order valence-corrected chi connectivity index (χ3v) is 4.70. The van der Waals surface area contributed by atoms with E-state index in [9.17, 15) is 4.79 Å². The van der Waals surface area contributed by atoms with Gasteiger partial charge in [-0.2, -0.15) is 0 Å². The van der Waals surface area contributed by atoms with Gasteiger partial charge in [0.05, 0.1) is 0 Å². The first kappa shape index (κ1) is 12.6. The van der Waals surface area contributed by atoms with Crippen molar-refractivity contribution < 1.29 is 4.79 Å². The first-order chi connectivity index (χ1) is 10.3. The molecule has 0 aliphatic heterocycles. The lowest BCUT2D eigenvalue weighted by Crippen LogP contribution is -2.28. The van der Waals surface area contributed by atoms with E-state index in [1.807, 2.05) is 12.1 Å². The second kappa shape index (κ2) is 5.03. The van der Waals surface area contributed by atoms with Gasteiger partial charge < -0.3 is 5.32 Å². The van der Waals surface area contributed by atoms with Crippen LogP contribution < -0.4 is 5.32 Å². The maximum Gasteiger partial charge on any atom is 0.223 e. The summed E-state index contributed by atoms with van der Waals surface area (Å²) < 4.78 is 0. The van der Waals surface area contributed by atoms with E-state index in [4.69, 9.17) is 0 Å². The molecule has 0 bridgehead atoms. The Hall–Kier alpha value is -2.09. The second-order valence-electron chi connectivity index (χ2n) is 6.23. The van der Waals surface area contributed by atoms with Crippen molar-refractivity contribution >= 4 is 5.91 Å². The quantitative estimate of drug-likeness (QED) is 0.911. The highest BCUT2D eigenvalue weighted by Gasteiger charge is 2.47. The molecule has 1 amide bonds. The predicted molar refractivity (Wildman–Crippen MR) is 83.0 cm³/mol. The maximum absolute atomic E-state index is 12.3. The molecule has 4 atom stereocenters. The fraction of sp³-hybridized carbons (Fsp3) is 0.316. The normalized spacial score (nSPS) is 29.7. The van der Waals surface area contributed by atoms with Crippen LogP contribution in [-0.4, -0.2) is 11.9 Å². The Balaban J connectivity index is 1.33. The van der Waals surface area contributed by atoms with Gasteiger partial charge in [0.25, 0.3) is 0 Å². The molecule has 4 rings (SSSR count). The summed E-state index contributed by atoms with van der Waals surface area (Å²) in [6.07, 6.45) is 2.08. The molecular formula is C19H19NO. The van der Waals surface area contributed by atoms with Crippen LogP contribution in [0.3, 0.4) is 0 Å². The standard InChI is InChI=1S/C19H19NO/c21-19(17-11-15(17)13-7-3-1-4-8-13)20-18-12-16(18)14-9-5-2-6-10-14/h1-10,15-18H,11-12H2,(H,20,21). The lowest BCUT2D eigenvalue weighted by molar-refractivity contribution is -0.122. The summed E-state index contributed by atoms with van der Waals surface area (Å²) >= 11 is 0. The minimum atomic E-state index is 0.185. The Bertz CT molecular complexity index is 637. The second-order valence-corrected chi connectivity index (χ2v) is 6.23. The highest BCUT2D eigenvalue weighted by Crippen LogP contribution is 2.48. The zero-order valence-electron chi connectivity index (χ0n) is 11.9. The van der Waals surface area contributed by atoms with E-state index in [1.54, 1.807) is 0 Å². The molecule has 0 spiro atoms. The monoisotopic (exact) mass is 277 g/mol. The van der Waals surface area contributed by atoms with Crippen LogP contribution in [0.15, 0.2) is 60.7 Å². The van der Waals surface area contributed by atoms with Crippen molar-refractivity contribution in [3.63, 3.8) is 0 Å². The van der Waals surface area contributed by atoms with Crippen LogP contribution in [0.25, 0.3) is 0 Å². The van der Waals surface area contributed by atoms with Crippen LogP contribution >= 0.6 is 0 Å². The van der Waals surface area contributed by atoms with Gasteiger partial charge in [0, 0.05) is 17.9 Å². The summed E-state index contributed by atoms with van der Waals surface area (Å²) in [6, 6.07) is 21.2. The molecule has 0 heterocycles. The van der Waals surface area contributed by atoms with Crippen LogP contribution in [-0.2, 0) is 4.79 Å². The summed E-state index contributed by atoms with van der Waals surface area (Å²) in [7, 11) is 0. The predicted octanol–water partition coefficient (Wildman–Crippen LogP) is 3.46. The molecule has 0 radical (unpaired) electrons. The van der Waals surface area contributed by atoms with E-state index < -0.39 is 0 Å². The minimum Gasteiger partial charge on any atom is -0.352 e. The molecule has 2 aromatic rings. The van der Waals surface area contributed by atoms with Crippen LogP contribution in [0.5, 0.6) is 0 Å². The van der Waals surface area contributed by atoms with Gasteiger partial charge in [-0.15, -0.1) is 0 Å². The van der Waals surface area contributed by atoms with Gasteiger partial charge >= 0.3 is 0 Å². The van der Waals surface area contributed by atoms with Gasteiger partial charge in [0.1, 0.15) is 0 Å². The molecule has 0 aromatic heterocycles. The number of amides is 1. The van der Waals surface area contributed by atoms with Crippen LogP contribution in [0.4, 0.5) is 0 Å².